The minimum absolute atomic E-state index is 0.0729. The fourth-order valence-electron chi connectivity index (χ4n) is 2.56. The number of hydrogen-bond acceptors (Lipinski definition) is 4. The van der Waals surface area contributed by atoms with Gasteiger partial charge in [-0.05, 0) is 24.6 Å². The van der Waals surface area contributed by atoms with Crippen molar-refractivity contribution in [2.45, 2.75) is 26.0 Å². The minimum atomic E-state index is -0.549. The number of amides is 1. The van der Waals surface area contributed by atoms with Crippen LogP contribution in [0.2, 0.25) is 0 Å². The monoisotopic (exact) mass is 343 g/mol. The first-order valence-electron chi connectivity index (χ1n) is 8.26. The van der Waals surface area contributed by atoms with Crippen LogP contribution in [0.5, 0.6) is 17.2 Å². The molecule has 0 spiro atoms. The Morgan fingerprint density at radius 3 is 2.44 bits per heavy atom. The predicted octanol–water partition coefficient (Wildman–Crippen LogP) is 3.52. The Balaban J connectivity index is 2.07. The quantitative estimate of drug-likeness (QED) is 0.736. The second-order valence-corrected chi connectivity index (χ2v) is 5.70. The van der Waals surface area contributed by atoms with Crippen LogP contribution in [0.15, 0.2) is 48.5 Å². The fraction of sp³-hybridized carbons (Fsp3) is 0.350. The number of carbonyl (C=O) groups excluding carboxylic acids is 1. The van der Waals surface area contributed by atoms with Crippen molar-refractivity contribution in [3.63, 3.8) is 0 Å². The molecule has 0 aliphatic carbocycles. The van der Waals surface area contributed by atoms with Gasteiger partial charge < -0.3 is 19.1 Å². The molecule has 0 N–H and O–H groups in total. The van der Waals surface area contributed by atoms with Gasteiger partial charge in [-0.3, -0.25) is 4.79 Å². The zero-order valence-electron chi connectivity index (χ0n) is 15.2. The van der Waals surface area contributed by atoms with Crippen LogP contribution in [0.4, 0.5) is 0 Å². The summed E-state index contributed by atoms with van der Waals surface area (Å²) in [4.78, 5) is 14.4. The van der Waals surface area contributed by atoms with E-state index < -0.39 is 6.10 Å². The van der Waals surface area contributed by atoms with Crippen molar-refractivity contribution in [3.05, 3.63) is 54.1 Å². The van der Waals surface area contributed by atoms with Gasteiger partial charge in [0.05, 0.1) is 14.2 Å². The predicted molar refractivity (Wildman–Crippen MR) is 97.2 cm³/mol. The number of carbonyl (C=O) groups is 1. The average Bonchev–Trinajstić information content (AvgIpc) is 2.66. The van der Waals surface area contributed by atoms with Gasteiger partial charge in [0, 0.05) is 25.2 Å². The van der Waals surface area contributed by atoms with Gasteiger partial charge in [0.2, 0.25) is 0 Å². The number of rotatable bonds is 8. The number of nitrogens with zero attached hydrogens (tertiary/aromatic N) is 1. The lowest BCUT2D eigenvalue weighted by molar-refractivity contribution is -0.138. The summed E-state index contributed by atoms with van der Waals surface area (Å²) in [5.74, 6) is 2.01. The maximum atomic E-state index is 12.8. The molecule has 5 nitrogen and oxygen atoms in total. The summed E-state index contributed by atoms with van der Waals surface area (Å²) in [5, 5.41) is 0. The number of benzene rings is 2. The van der Waals surface area contributed by atoms with Crippen molar-refractivity contribution in [2.24, 2.45) is 0 Å². The Labute approximate surface area is 149 Å². The van der Waals surface area contributed by atoms with Crippen LogP contribution in [-0.2, 0) is 11.3 Å². The molecule has 0 fully saturated rings. The van der Waals surface area contributed by atoms with Gasteiger partial charge in [-0.25, -0.2) is 0 Å². The van der Waals surface area contributed by atoms with E-state index in [-0.39, 0.29) is 5.91 Å². The maximum absolute atomic E-state index is 12.8. The van der Waals surface area contributed by atoms with Gasteiger partial charge in [-0.2, -0.15) is 0 Å². The molecule has 1 unspecified atom stereocenters. The van der Waals surface area contributed by atoms with Crippen molar-refractivity contribution in [3.8, 4) is 17.2 Å². The van der Waals surface area contributed by atoms with Crippen molar-refractivity contribution in [1.82, 2.24) is 4.90 Å². The van der Waals surface area contributed by atoms with Gasteiger partial charge in [0.15, 0.2) is 6.10 Å². The van der Waals surface area contributed by atoms with Gasteiger partial charge in [-0.15, -0.1) is 0 Å². The van der Waals surface area contributed by atoms with E-state index in [0.29, 0.717) is 24.5 Å². The summed E-state index contributed by atoms with van der Waals surface area (Å²) in [7, 11) is 5.00. The molecule has 5 heteroatoms. The number of likely N-dealkylation sites (N-methyl/N-ethyl adjacent to an activating group) is 1. The van der Waals surface area contributed by atoms with Crippen LogP contribution < -0.4 is 14.2 Å². The van der Waals surface area contributed by atoms with Crippen LogP contribution in [0.3, 0.4) is 0 Å². The molecular formula is C20H25NO4. The standard InChI is InChI=1S/C20H25NO4/c1-5-18(25-17-11-8-10-16(13-17)23-3)20(22)21(2)14-15-9-6-7-12-19(15)24-4/h6-13,18H,5,14H2,1-4H3. The zero-order chi connectivity index (χ0) is 18.2. The zero-order valence-corrected chi connectivity index (χ0v) is 15.2. The van der Waals surface area contributed by atoms with Crippen LogP contribution in [0, 0.1) is 0 Å². The topological polar surface area (TPSA) is 48.0 Å². The van der Waals surface area contributed by atoms with Gasteiger partial charge in [0.25, 0.3) is 5.91 Å². The molecule has 1 amide bonds. The molecule has 0 aliphatic rings. The summed E-state index contributed by atoms with van der Waals surface area (Å²) < 4.78 is 16.4. The fourth-order valence-corrected chi connectivity index (χ4v) is 2.56. The van der Waals surface area contributed by atoms with E-state index in [4.69, 9.17) is 14.2 Å². The summed E-state index contributed by atoms with van der Waals surface area (Å²) >= 11 is 0. The normalized spacial score (nSPS) is 11.5. The molecule has 134 valence electrons. The Bertz CT molecular complexity index is 702. The lowest BCUT2D eigenvalue weighted by Gasteiger charge is -2.24. The van der Waals surface area contributed by atoms with Crippen molar-refractivity contribution >= 4 is 5.91 Å². The number of hydrogen-bond donors (Lipinski definition) is 0. The van der Waals surface area contributed by atoms with E-state index >= 15 is 0 Å². The van der Waals surface area contributed by atoms with Crippen LogP contribution >= 0.6 is 0 Å². The highest BCUT2D eigenvalue weighted by atomic mass is 16.5. The van der Waals surface area contributed by atoms with Gasteiger partial charge in [-0.1, -0.05) is 31.2 Å². The largest absolute Gasteiger partial charge is 0.497 e. The molecule has 2 rings (SSSR count). The molecule has 2 aromatic rings. The van der Waals surface area contributed by atoms with E-state index in [1.165, 1.54) is 0 Å². The second kappa shape index (κ2) is 8.97. The highest BCUT2D eigenvalue weighted by molar-refractivity contribution is 5.81. The number of methoxy groups -OCH3 is 2. The molecular weight excluding hydrogens is 318 g/mol. The highest BCUT2D eigenvalue weighted by Gasteiger charge is 2.23. The third-order valence-electron chi connectivity index (χ3n) is 3.94. The third-order valence-corrected chi connectivity index (χ3v) is 3.94. The smallest absolute Gasteiger partial charge is 0.263 e. The summed E-state index contributed by atoms with van der Waals surface area (Å²) in [6.07, 6.45) is 0.0265. The van der Waals surface area contributed by atoms with Gasteiger partial charge >= 0.3 is 0 Å². The number of ether oxygens (including phenoxy) is 3. The van der Waals surface area contributed by atoms with Gasteiger partial charge in [0.1, 0.15) is 17.2 Å². The summed E-state index contributed by atoms with van der Waals surface area (Å²) in [5.41, 5.74) is 0.956. The molecule has 0 saturated heterocycles. The molecule has 0 saturated carbocycles. The number of para-hydroxylation sites is 1. The van der Waals surface area contributed by atoms with Crippen molar-refractivity contribution < 1.29 is 19.0 Å². The molecule has 1 atom stereocenters. The molecule has 25 heavy (non-hydrogen) atoms. The van der Waals surface area contributed by atoms with E-state index in [0.717, 1.165) is 11.3 Å². The Morgan fingerprint density at radius 1 is 1.04 bits per heavy atom. The molecule has 2 aromatic carbocycles. The molecule has 0 bridgehead atoms. The minimum Gasteiger partial charge on any atom is -0.497 e. The van der Waals surface area contributed by atoms with Crippen molar-refractivity contribution in [2.75, 3.05) is 21.3 Å². The first-order chi connectivity index (χ1) is 12.1. The Morgan fingerprint density at radius 2 is 1.76 bits per heavy atom. The maximum Gasteiger partial charge on any atom is 0.263 e. The van der Waals surface area contributed by atoms with E-state index in [2.05, 4.69) is 0 Å². The SMILES string of the molecule is CCC(Oc1cccc(OC)c1)C(=O)N(C)Cc1ccccc1OC. The Kier molecular flexibility index (Phi) is 6.69. The first kappa shape index (κ1) is 18.6. The lowest BCUT2D eigenvalue weighted by Crippen LogP contribution is -2.39. The molecule has 0 aliphatic heterocycles. The lowest BCUT2D eigenvalue weighted by atomic mass is 10.1. The van der Waals surface area contributed by atoms with E-state index in [1.54, 1.807) is 32.2 Å². The molecule has 0 radical (unpaired) electrons. The van der Waals surface area contributed by atoms with Crippen molar-refractivity contribution in [1.29, 1.82) is 0 Å². The third kappa shape index (κ3) is 4.89. The van der Waals surface area contributed by atoms with E-state index in [9.17, 15) is 4.79 Å². The second-order valence-electron chi connectivity index (χ2n) is 5.70. The van der Waals surface area contributed by atoms with Crippen LogP contribution in [0.1, 0.15) is 18.9 Å². The van der Waals surface area contributed by atoms with E-state index in [1.807, 2.05) is 49.4 Å². The highest BCUT2D eigenvalue weighted by Crippen LogP contribution is 2.22. The van der Waals surface area contributed by atoms with Crippen LogP contribution in [0.25, 0.3) is 0 Å². The summed E-state index contributed by atoms with van der Waals surface area (Å²) in [6, 6.07) is 14.9. The first-order valence-corrected chi connectivity index (χ1v) is 8.26. The summed E-state index contributed by atoms with van der Waals surface area (Å²) in [6.45, 7) is 2.39. The van der Waals surface area contributed by atoms with Crippen LogP contribution in [-0.4, -0.2) is 38.2 Å². The Hall–Kier alpha value is -2.69. The molecule has 0 aromatic heterocycles. The molecule has 0 heterocycles. The average molecular weight is 343 g/mol.